The largest absolute Gasteiger partial charge is 0.396 e. The predicted molar refractivity (Wildman–Crippen MR) is 81.3 cm³/mol. The Balaban J connectivity index is 0.00000180. The molecule has 0 saturated heterocycles. The molecule has 0 bridgehead atoms. The monoisotopic (exact) mass is 282 g/mol. The van der Waals surface area contributed by atoms with Crippen LogP contribution in [0.15, 0.2) is 24.3 Å². The van der Waals surface area contributed by atoms with Crippen LogP contribution in [0.1, 0.15) is 6.42 Å². The van der Waals surface area contributed by atoms with Crippen LogP contribution in [-0.4, -0.2) is 42.3 Å². The number of hydrogen-bond donors (Lipinski definition) is 2. The van der Waals surface area contributed by atoms with Gasteiger partial charge in [-0.25, -0.2) is 4.98 Å². The lowest BCUT2D eigenvalue weighted by molar-refractivity contribution is 0.292. The molecule has 0 aliphatic heterocycles. The van der Waals surface area contributed by atoms with E-state index in [2.05, 4.69) is 15.3 Å². The fourth-order valence-electron chi connectivity index (χ4n) is 1.68. The zero-order valence-corrected chi connectivity index (χ0v) is 11.9. The highest BCUT2D eigenvalue weighted by Gasteiger charge is 2.07. The standard InChI is InChI=1S/C13H18N4O.ClH/c1-17(2)13-15-11-7-4-3-6-10(11)12(16-13)14-8-5-9-18;/h3-4,6-7,18H,5,8-9H2,1-2H3,(H,14,15,16);1H. The van der Waals surface area contributed by atoms with Crippen molar-refractivity contribution in [3.8, 4) is 0 Å². The summed E-state index contributed by atoms with van der Waals surface area (Å²) in [4.78, 5) is 10.9. The molecule has 1 aromatic carbocycles. The molecule has 0 saturated carbocycles. The topological polar surface area (TPSA) is 61.3 Å². The first-order valence-electron chi connectivity index (χ1n) is 6.01. The van der Waals surface area contributed by atoms with E-state index in [0.717, 1.165) is 16.7 Å². The van der Waals surface area contributed by atoms with Crippen molar-refractivity contribution in [2.45, 2.75) is 6.42 Å². The number of fused-ring (bicyclic) bond motifs is 1. The van der Waals surface area contributed by atoms with Gasteiger partial charge in [0.1, 0.15) is 5.82 Å². The van der Waals surface area contributed by atoms with Crippen LogP contribution in [0.2, 0.25) is 0 Å². The average Bonchev–Trinajstić information content (AvgIpc) is 2.38. The normalized spacial score (nSPS) is 10.1. The maximum Gasteiger partial charge on any atom is 0.227 e. The minimum Gasteiger partial charge on any atom is -0.396 e. The number of aliphatic hydroxyl groups is 1. The summed E-state index contributed by atoms with van der Waals surface area (Å²) in [6.45, 7) is 0.876. The number of benzene rings is 1. The fraction of sp³-hybridized carbons (Fsp3) is 0.385. The smallest absolute Gasteiger partial charge is 0.227 e. The molecule has 1 aromatic heterocycles. The van der Waals surface area contributed by atoms with Gasteiger partial charge in [0.15, 0.2) is 0 Å². The van der Waals surface area contributed by atoms with Crippen LogP contribution < -0.4 is 10.2 Å². The Bertz CT molecular complexity index is 533. The molecule has 0 fully saturated rings. The fourth-order valence-corrected chi connectivity index (χ4v) is 1.68. The van der Waals surface area contributed by atoms with Gasteiger partial charge in [0, 0.05) is 32.6 Å². The molecule has 0 spiro atoms. The number of anilines is 2. The number of nitrogens with zero attached hydrogens (tertiary/aromatic N) is 3. The van der Waals surface area contributed by atoms with E-state index < -0.39 is 0 Å². The first kappa shape index (κ1) is 15.5. The van der Waals surface area contributed by atoms with Crippen LogP contribution in [0.25, 0.3) is 10.9 Å². The van der Waals surface area contributed by atoms with E-state index in [9.17, 15) is 0 Å². The Morgan fingerprint density at radius 1 is 1.21 bits per heavy atom. The predicted octanol–water partition coefficient (Wildman–Crippen LogP) is 1.91. The second-order valence-electron chi connectivity index (χ2n) is 4.29. The van der Waals surface area contributed by atoms with Gasteiger partial charge in [-0.05, 0) is 18.6 Å². The summed E-state index contributed by atoms with van der Waals surface area (Å²) in [7, 11) is 3.84. The molecule has 0 radical (unpaired) electrons. The van der Waals surface area contributed by atoms with E-state index in [-0.39, 0.29) is 19.0 Å². The van der Waals surface area contributed by atoms with Crippen molar-refractivity contribution < 1.29 is 5.11 Å². The van der Waals surface area contributed by atoms with Crippen molar-refractivity contribution in [1.29, 1.82) is 0 Å². The van der Waals surface area contributed by atoms with Gasteiger partial charge in [0.25, 0.3) is 0 Å². The molecule has 6 heteroatoms. The molecule has 19 heavy (non-hydrogen) atoms. The molecule has 0 aliphatic carbocycles. The average molecular weight is 283 g/mol. The van der Waals surface area contributed by atoms with Crippen molar-refractivity contribution in [3.05, 3.63) is 24.3 Å². The van der Waals surface area contributed by atoms with Gasteiger partial charge in [0.05, 0.1) is 5.52 Å². The Hall–Kier alpha value is -1.59. The number of nitrogens with one attached hydrogen (secondary N) is 1. The molecule has 0 unspecified atom stereocenters. The first-order chi connectivity index (χ1) is 8.72. The van der Waals surface area contributed by atoms with Crippen LogP contribution in [0.4, 0.5) is 11.8 Å². The van der Waals surface area contributed by atoms with Crippen LogP contribution in [0, 0.1) is 0 Å². The van der Waals surface area contributed by atoms with Crippen LogP contribution >= 0.6 is 12.4 Å². The van der Waals surface area contributed by atoms with Crippen molar-refractivity contribution >= 4 is 35.1 Å². The second kappa shape index (κ2) is 7.11. The summed E-state index contributed by atoms with van der Waals surface area (Å²) >= 11 is 0. The Labute approximate surface area is 119 Å². The van der Waals surface area contributed by atoms with E-state index in [1.54, 1.807) is 0 Å². The van der Waals surface area contributed by atoms with Gasteiger partial charge >= 0.3 is 0 Å². The SMILES string of the molecule is CN(C)c1nc(NCCCO)c2ccccc2n1.Cl. The summed E-state index contributed by atoms with van der Waals surface area (Å²) in [5, 5.41) is 13.1. The number of halogens is 1. The maximum absolute atomic E-state index is 8.82. The van der Waals surface area contributed by atoms with Crippen molar-refractivity contribution in [2.75, 3.05) is 37.5 Å². The molecule has 1 heterocycles. The van der Waals surface area contributed by atoms with Gasteiger partial charge in [-0.1, -0.05) is 12.1 Å². The Kier molecular flexibility index (Phi) is 5.79. The molecule has 0 atom stereocenters. The molecule has 104 valence electrons. The first-order valence-corrected chi connectivity index (χ1v) is 6.01. The van der Waals surface area contributed by atoms with Crippen molar-refractivity contribution in [1.82, 2.24) is 9.97 Å². The number of hydrogen-bond acceptors (Lipinski definition) is 5. The highest BCUT2D eigenvalue weighted by Crippen LogP contribution is 2.22. The Morgan fingerprint density at radius 3 is 2.63 bits per heavy atom. The lowest BCUT2D eigenvalue weighted by Gasteiger charge is -2.14. The number of aliphatic hydroxyl groups excluding tert-OH is 1. The van der Waals surface area contributed by atoms with Crippen LogP contribution in [0.3, 0.4) is 0 Å². The number of rotatable bonds is 5. The molecule has 2 rings (SSSR count). The molecule has 0 amide bonds. The van der Waals surface area contributed by atoms with Crippen LogP contribution in [0.5, 0.6) is 0 Å². The Morgan fingerprint density at radius 2 is 1.95 bits per heavy atom. The lowest BCUT2D eigenvalue weighted by atomic mass is 10.2. The summed E-state index contributed by atoms with van der Waals surface area (Å²) in [6.07, 6.45) is 0.704. The van der Waals surface area contributed by atoms with Crippen molar-refractivity contribution in [2.24, 2.45) is 0 Å². The maximum atomic E-state index is 8.82. The summed E-state index contributed by atoms with van der Waals surface area (Å²) in [5.41, 5.74) is 0.919. The van der Waals surface area contributed by atoms with Gasteiger partial charge in [-0.15, -0.1) is 12.4 Å². The van der Waals surface area contributed by atoms with Gasteiger partial charge in [-0.3, -0.25) is 0 Å². The zero-order chi connectivity index (χ0) is 13.0. The highest BCUT2D eigenvalue weighted by molar-refractivity contribution is 5.90. The third kappa shape index (κ3) is 3.68. The second-order valence-corrected chi connectivity index (χ2v) is 4.29. The lowest BCUT2D eigenvalue weighted by Crippen LogP contribution is -2.15. The molecule has 2 N–H and O–H groups in total. The van der Waals surface area contributed by atoms with Gasteiger partial charge < -0.3 is 15.3 Å². The minimum atomic E-state index is 0. The van der Waals surface area contributed by atoms with E-state index in [4.69, 9.17) is 5.11 Å². The molecule has 5 nitrogen and oxygen atoms in total. The van der Waals surface area contributed by atoms with Crippen LogP contribution in [-0.2, 0) is 0 Å². The van der Waals surface area contributed by atoms with E-state index >= 15 is 0 Å². The third-order valence-corrected chi connectivity index (χ3v) is 2.62. The van der Waals surface area contributed by atoms with Crippen molar-refractivity contribution in [3.63, 3.8) is 0 Å². The number of aromatic nitrogens is 2. The molecule has 2 aromatic rings. The summed E-state index contributed by atoms with van der Waals surface area (Å²) in [5.74, 6) is 1.50. The van der Waals surface area contributed by atoms with E-state index in [1.165, 1.54) is 0 Å². The third-order valence-electron chi connectivity index (χ3n) is 2.62. The zero-order valence-electron chi connectivity index (χ0n) is 11.1. The van der Waals surface area contributed by atoms with Gasteiger partial charge in [0.2, 0.25) is 5.95 Å². The highest BCUT2D eigenvalue weighted by atomic mass is 35.5. The molecule has 0 aliphatic rings. The van der Waals surface area contributed by atoms with E-state index in [1.807, 2.05) is 43.3 Å². The summed E-state index contributed by atoms with van der Waals surface area (Å²) in [6, 6.07) is 7.90. The summed E-state index contributed by atoms with van der Waals surface area (Å²) < 4.78 is 0. The minimum absolute atomic E-state index is 0. The van der Waals surface area contributed by atoms with E-state index in [0.29, 0.717) is 18.9 Å². The number of para-hydroxylation sites is 1. The quantitative estimate of drug-likeness (QED) is 0.821. The molecular weight excluding hydrogens is 264 g/mol. The van der Waals surface area contributed by atoms with Gasteiger partial charge in [-0.2, -0.15) is 4.98 Å². The molecular formula is C13H19ClN4O.